The monoisotopic (exact) mass is 225 g/mol. The molecule has 2 aliphatic carbocycles. The summed E-state index contributed by atoms with van der Waals surface area (Å²) in [5.41, 5.74) is 0.235. The summed E-state index contributed by atoms with van der Waals surface area (Å²) in [5, 5.41) is 9.67. The average molecular weight is 225 g/mol. The molecule has 0 heterocycles. The maximum atomic E-state index is 9.67. The van der Waals surface area contributed by atoms with E-state index in [1.54, 1.807) is 0 Å². The molecular weight excluding hydrogens is 198 g/mol. The third-order valence-electron chi connectivity index (χ3n) is 4.46. The van der Waals surface area contributed by atoms with Gasteiger partial charge < -0.3 is 10.0 Å². The van der Waals surface area contributed by atoms with Crippen LogP contribution in [0.25, 0.3) is 0 Å². The minimum Gasteiger partial charge on any atom is -0.396 e. The van der Waals surface area contributed by atoms with E-state index < -0.39 is 0 Å². The number of hydrogen-bond donors (Lipinski definition) is 1. The Morgan fingerprint density at radius 3 is 2.31 bits per heavy atom. The summed E-state index contributed by atoms with van der Waals surface area (Å²) in [7, 11) is 0. The molecule has 0 spiro atoms. The molecular formula is C14H27NO. The minimum atomic E-state index is 0.235. The molecule has 2 aliphatic rings. The van der Waals surface area contributed by atoms with Crippen LogP contribution in [0.3, 0.4) is 0 Å². The zero-order valence-corrected chi connectivity index (χ0v) is 10.9. The Bertz CT molecular complexity index is 217. The summed E-state index contributed by atoms with van der Waals surface area (Å²) in [6, 6.07) is 0.629. The molecule has 1 N–H and O–H groups in total. The van der Waals surface area contributed by atoms with E-state index in [1.165, 1.54) is 45.1 Å². The molecule has 0 aliphatic heterocycles. The van der Waals surface area contributed by atoms with E-state index in [0.717, 1.165) is 12.5 Å². The fourth-order valence-electron chi connectivity index (χ4n) is 3.01. The lowest BCUT2D eigenvalue weighted by molar-refractivity contribution is 0.0621. The van der Waals surface area contributed by atoms with Crippen LogP contribution in [0.1, 0.15) is 52.4 Å². The molecule has 94 valence electrons. The van der Waals surface area contributed by atoms with E-state index in [4.69, 9.17) is 0 Å². The van der Waals surface area contributed by atoms with Gasteiger partial charge in [-0.3, -0.25) is 0 Å². The van der Waals surface area contributed by atoms with Gasteiger partial charge in [0.05, 0.1) is 0 Å². The second kappa shape index (κ2) is 5.05. The molecule has 0 unspecified atom stereocenters. The first kappa shape index (κ1) is 12.4. The van der Waals surface area contributed by atoms with Crippen LogP contribution in [-0.2, 0) is 0 Å². The minimum absolute atomic E-state index is 0.235. The summed E-state index contributed by atoms with van der Waals surface area (Å²) in [4.78, 5) is 2.61. The Balaban J connectivity index is 1.91. The Hall–Kier alpha value is -0.0800. The van der Waals surface area contributed by atoms with Crippen molar-refractivity contribution in [2.24, 2.45) is 11.3 Å². The van der Waals surface area contributed by atoms with Gasteiger partial charge >= 0.3 is 0 Å². The fraction of sp³-hybridized carbons (Fsp3) is 1.00. The first-order chi connectivity index (χ1) is 7.65. The number of rotatable bonds is 6. The zero-order valence-electron chi connectivity index (χ0n) is 10.9. The van der Waals surface area contributed by atoms with Crippen molar-refractivity contribution in [3.05, 3.63) is 0 Å². The second-order valence-corrected chi connectivity index (χ2v) is 6.33. The molecule has 2 rings (SSSR count). The van der Waals surface area contributed by atoms with Crippen molar-refractivity contribution in [1.29, 1.82) is 0 Å². The highest BCUT2D eigenvalue weighted by molar-refractivity contribution is 4.89. The molecule has 2 fully saturated rings. The molecule has 0 aromatic carbocycles. The topological polar surface area (TPSA) is 23.5 Å². The predicted octanol–water partition coefficient (Wildman–Crippen LogP) is 2.66. The molecule has 0 aromatic rings. The quantitative estimate of drug-likeness (QED) is 0.751. The van der Waals surface area contributed by atoms with Gasteiger partial charge in [0.1, 0.15) is 0 Å². The van der Waals surface area contributed by atoms with Gasteiger partial charge in [-0.2, -0.15) is 0 Å². The summed E-state index contributed by atoms with van der Waals surface area (Å²) in [6.07, 6.45) is 7.95. The van der Waals surface area contributed by atoms with Crippen LogP contribution in [0, 0.1) is 11.3 Å². The second-order valence-electron chi connectivity index (χ2n) is 6.33. The predicted molar refractivity (Wildman–Crippen MR) is 67.4 cm³/mol. The maximum Gasteiger partial charge on any atom is 0.0499 e. The molecule has 0 atom stereocenters. The van der Waals surface area contributed by atoms with E-state index in [-0.39, 0.29) is 5.41 Å². The normalized spacial score (nSPS) is 24.6. The van der Waals surface area contributed by atoms with E-state index in [1.807, 2.05) is 0 Å². The number of aliphatic hydroxyl groups is 1. The van der Waals surface area contributed by atoms with Crippen molar-refractivity contribution in [3.8, 4) is 0 Å². The molecule has 2 nitrogen and oxygen atoms in total. The van der Waals surface area contributed by atoms with Crippen molar-refractivity contribution in [3.63, 3.8) is 0 Å². The SMILES string of the molecule is CC(C)N(CC1CC1)CC1(CO)CCCC1. The number of hydrogen-bond acceptors (Lipinski definition) is 2. The zero-order chi connectivity index (χ0) is 11.6. The lowest BCUT2D eigenvalue weighted by Crippen LogP contribution is -2.43. The summed E-state index contributed by atoms with van der Waals surface area (Å²) in [6.45, 7) is 7.36. The first-order valence-corrected chi connectivity index (χ1v) is 7.00. The Morgan fingerprint density at radius 1 is 1.25 bits per heavy atom. The van der Waals surface area contributed by atoms with Crippen LogP contribution in [-0.4, -0.2) is 35.7 Å². The van der Waals surface area contributed by atoms with Crippen LogP contribution in [0.5, 0.6) is 0 Å². The van der Waals surface area contributed by atoms with Crippen LogP contribution >= 0.6 is 0 Å². The maximum absolute atomic E-state index is 9.67. The van der Waals surface area contributed by atoms with Crippen molar-refractivity contribution >= 4 is 0 Å². The lowest BCUT2D eigenvalue weighted by Gasteiger charge is -2.36. The molecule has 0 saturated heterocycles. The Labute approximate surface area is 100 Å². The molecule has 2 heteroatoms. The van der Waals surface area contributed by atoms with Gasteiger partial charge in [-0.1, -0.05) is 12.8 Å². The van der Waals surface area contributed by atoms with Crippen LogP contribution in [0.2, 0.25) is 0 Å². The standard InChI is InChI=1S/C14H27NO/c1-12(2)15(9-13-5-6-13)10-14(11-16)7-3-4-8-14/h12-13,16H,3-11H2,1-2H3. The largest absolute Gasteiger partial charge is 0.396 e. The van der Waals surface area contributed by atoms with Gasteiger partial charge in [0, 0.05) is 31.2 Å². The third kappa shape index (κ3) is 2.98. The summed E-state index contributed by atoms with van der Waals surface area (Å²) < 4.78 is 0. The van der Waals surface area contributed by atoms with Gasteiger partial charge in [0.15, 0.2) is 0 Å². The molecule has 0 bridgehead atoms. The van der Waals surface area contributed by atoms with E-state index >= 15 is 0 Å². The summed E-state index contributed by atoms with van der Waals surface area (Å²) in [5.74, 6) is 0.958. The highest BCUT2D eigenvalue weighted by Gasteiger charge is 2.36. The molecule has 0 aromatic heterocycles. The van der Waals surface area contributed by atoms with Gasteiger partial charge in [0.2, 0.25) is 0 Å². The van der Waals surface area contributed by atoms with Crippen molar-refractivity contribution in [2.45, 2.75) is 58.4 Å². The fourth-order valence-corrected chi connectivity index (χ4v) is 3.01. The van der Waals surface area contributed by atoms with Crippen LogP contribution in [0.4, 0.5) is 0 Å². The van der Waals surface area contributed by atoms with Crippen LogP contribution < -0.4 is 0 Å². The molecule has 16 heavy (non-hydrogen) atoms. The summed E-state index contributed by atoms with van der Waals surface area (Å²) >= 11 is 0. The van der Waals surface area contributed by atoms with Crippen LogP contribution in [0.15, 0.2) is 0 Å². The van der Waals surface area contributed by atoms with Gasteiger partial charge in [-0.15, -0.1) is 0 Å². The Kier molecular flexibility index (Phi) is 3.91. The van der Waals surface area contributed by atoms with E-state index in [0.29, 0.717) is 12.6 Å². The molecule has 0 radical (unpaired) electrons. The number of nitrogens with zero attached hydrogens (tertiary/aromatic N) is 1. The highest BCUT2D eigenvalue weighted by atomic mass is 16.3. The van der Waals surface area contributed by atoms with Gasteiger partial charge in [-0.05, 0) is 45.4 Å². The highest BCUT2D eigenvalue weighted by Crippen LogP contribution is 2.39. The molecule has 2 saturated carbocycles. The van der Waals surface area contributed by atoms with Gasteiger partial charge in [-0.25, -0.2) is 0 Å². The van der Waals surface area contributed by atoms with Crippen molar-refractivity contribution < 1.29 is 5.11 Å². The van der Waals surface area contributed by atoms with E-state index in [9.17, 15) is 5.11 Å². The lowest BCUT2D eigenvalue weighted by atomic mass is 9.86. The third-order valence-corrected chi connectivity index (χ3v) is 4.46. The molecule has 0 amide bonds. The number of aliphatic hydroxyl groups excluding tert-OH is 1. The van der Waals surface area contributed by atoms with E-state index in [2.05, 4.69) is 18.7 Å². The van der Waals surface area contributed by atoms with Crippen molar-refractivity contribution in [1.82, 2.24) is 4.90 Å². The van der Waals surface area contributed by atoms with Gasteiger partial charge in [0.25, 0.3) is 0 Å². The Morgan fingerprint density at radius 2 is 1.88 bits per heavy atom. The smallest absolute Gasteiger partial charge is 0.0499 e. The first-order valence-electron chi connectivity index (χ1n) is 7.00. The van der Waals surface area contributed by atoms with Crippen molar-refractivity contribution in [2.75, 3.05) is 19.7 Å². The average Bonchev–Trinajstić information content (AvgIpc) is 2.95.